The fourth-order valence-corrected chi connectivity index (χ4v) is 2.02. The second-order valence-electron chi connectivity index (χ2n) is 5.20. The predicted molar refractivity (Wildman–Crippen MR) is 69.9 cm³/mol. The minimum atomic E-state index is -0.311. The average Bonchev–Trinajstić information content (AvgIpc) is 2.17. The Labute approximate surface area is 102 Å². The Bertz CT molecular complexity index is 327. The lowest BCUT2D eigenvalue weighted by Gasteiger charge is -2.19. The van der Waals surface area contributed by atoms with Crippen LogP contribution in [0.4, 0.5) is 0 Å². The van der Waals surface area contributed by atoms with Crippen LogP contribution in [-0.4, -0.2) is 21.4 Å². The molecule has 0 spiro atoms. The molecule has 16 heavy (non-hydrogen) atoms. The van der Waals surface area contributed by atoms with Crippen molar-refractivity contribution < 1.29 is 5.11 Å². The summed E-state index contributed by atoms with van der Waals surface area (Å²) in [6.07, 6.45) is 1.62. The van der Waals surface area contributed by atoms with Crippen molar-refractivity contribution in [1.82, 2.24) is 4.98 Å². The Balaban J connectivity index is 2.72. The van der Waals surface area contributed by atoms with Gasteiger partial charge in [-0.1, -0.05) is 33.8 Å². The maximum atomic E-state index is 9.42. The molecule has 0 aliphatic rings. The monoisotopic (exact) mass is 239 g/mol. The Morgan fingerprint density at radius 2 is 1.88 bits per heavy atom. The summed E-state index contributed by atoms with van der Waals surface area (Å²) < 4.78 is 0. The highest BCUT2D eigenvalue weighted by Gasteiger charge is 2.15. The molecular weight excluding hydrogens is 218 g/mol. The molecule has 2 nitrogen and oxygen atoms in total. The van der Waals surface area contributed by atoms with E-state index in [9.17, 15) is 5.11 Å². The molecule has 0 amide bonds. The summed E-state index contributed by atoms with van der Waals surface area (Å²) in [4.78, 5) is 4.42. The van der Waals surface area contributed by atoms with Gasteiger partial charge in [-0.3, -0.25) is 0 Å². The van der Waals surface area contributed by atoms with Gasteiger partial charge in [0.2, 0.25) is 0 Å². The van der Waals surface area contributed by atoms with Crippen molar-refractivity contribution in [1.29, 1.82) is 0 Å². The molecule has 0 aliphatic heterocycles. The largest absolute Gasteiger partial charge is 0.392 e. The molecule has 2 unspecified atom stereocenters. The van der Waals surface area contributed by atoms with Gasteiger partial charge >= 0.3 is 0 Å². The van der Waals surface area contributed by atoms with Crippen LogP contribution in [0.5, 0.6) is 0 Å². The van der Waals surface area contributed by atoms with Crippen LogP contribution < -0.4 is 0 Å². The lowest BCUT2D eigenvalue weighted by molar-refractivity contribution is 0.196. The molecule has 1 N–H and O–H groups in total. The number of rotatable bonds is 3. The maximum absolute atomic E-state index is 9.42. The van der Waals surface area contributed by atoms with E-state index in [1.54, 1.807) is 18.7 Å². The number of aromatic nitrogens is 1. The molecule has 1 aromatic heterocycles. The van der Waals surface area contributed by atoms with Gasteiger partial charge in [-0.2, -0.15) is 0 Å². The maximum Gasteiger partial charge on any atom is 0.0963 e. The molecule has 1 aromatic rings. The van der Waals surface area contributed by atoms with E-state index in [1.165, 1.54) is 5.56 Å². The van der Waals surface area contributed by atoms with Gasteiger partial charge < -0.3 is 5.11 Å². The van der Waals surface area contributed by atoms with Crippen LogP contribution in [-0.2, 0) is 5.41 Å². The fraction of sp³-hybridized carbons (Fsp3) is 0.615. The number of hydrogen-bond donors (Lipinski definition) is 1. The molecule has 0 radical (unpaired) electrons. The van der Waals surface area contributed by atoms with E-state index < -0.39 is 0 Å². The molecule has 0 aromatic carbocycles. The van der Waals surface area contributed by atoms with E-state index in [0.29, 0.717) is 0 Å². The van der Waals surface area contributed by atoms with Crippen LogP contribution in [0.2, 0.25) is 0 Å². The highest BCUT2D eigenvalue weighted by atomic mass is 32.2. The van der Waals surface area contributed by atoms with Crippen molar-refractivity contribution in [2.24, 2.45) is 0 Å². The summed E-state index contributed by atoms with van der Waals surface area (Å²) in [5, 5.41) is 10.6. The SMILES string of the molecule is CC(O)C(C)Sc1ccc(C(C)(C)C)cn1. The number of nitrogens with zero attached hydrogens (tertiary/aromatic N) is 1. The summed E-state index contributed by atoms with van der Waals surface area (Å²) in [5.41, 5.74) is 1.38. The van der Waals surface area contributed by atoms with Crippen molar-refractivity contribution in [3.63, 3.8) is 0 Å². The second-order valence-corrected chi connectivity index (χ2v) is 6.60. The zero-order valence-electron chi connectivity index (χ0n) is 10.7. The van der Waals surface area contributed by atoms with Crippen LogP contribution in [0.3, 0.4) is 0 Å². The summed E-state index contributed by atoms with van der Waals surface area (Å²) in [7, 11) is 0. The molecule has 1 heterocycles. The molecule has 1 rings (SSSR count). The van der Waals surface area contributed by atoms with E-state index in [4.69, 9.17) is 0 Å². The molecule has 0 aliphatic carbocycles. The first-order chi connectivity index (χ1) is 7.30. The Morgan fingerprint density at radius 1 is 1.25 bits per heavy atom. The van der Waals surface area contributed by atoms with Crippen molar-refractivity contribution in [3.05, 3.63) is 23.9 Å². The highest BCUT2D eigenvalue weighted by Crippen LogP contribution is 2.26. The van der Waals surface area contributed by atoms with Gasteiger partial charge in [0.25, 0.3) is 0 Å². The molecule has 0 saturated carbocycles. The zero-order chi connectivity index (χ0) is 12.3. The number of thioether (sulfide) groups is 1. The number of pyridine rings is 1. The Hall–Kier alpha value is -0.540. The lowest BCUT2D eigenvalue weighted by Crippen LogP contribution is -2.15. The topological polar surface area (TPSA) is 33.1 Å². The van der Waals surface area contributed by atoms with Crippen molar-refractivity contribution in [2.75, 3.05) is 0 Å². The van der Waals surface area contributed by atoms with E-state index in [2.05, 4.69) is 31.8 Å². The predicted octanol–water partition coefficient (Wildman–Crippen LogP) is 3.24. The summed E-state index contributed by atoms with van der Waals surface area (Å²) in [5.74, 6) is 0. The van der Waals surface area contributed by atoms with E-state index in [-0.39, 0.29) is 16.8 Å². The van der Waals surface area contributed by atoms with Crippen molar-refractivity contribution >= 4 is 11.8 Å². The number of aliphatic hydroxyl groups is 1. The first-order valence-electron chi connectivity index (χ1n) is 5.62. The first kappa shape index (κ1) is 13.5. The van der Waals surface area contributed by atoms with Gasteiger partial charge in [-0.25, -0.2) is 4.98 Å². The van der Waals surface area contributed by atoms with Crippen LogP contribution >= 0.6 is 11.8 Å². The smallest absolute Gasteiger partial charge is 0.0963 e. The van der Waals surface area contributed by atoms with Gasteiger partial charge in [0.15, 0.2) is 0 Å². The highest BCUT2D eigenvalue weighted by molar-refractivity contribution is 7.99. The minimum absolute atomic E-state index is 0.145. The molecule has 2 atom stereocenters. The second kappa shape index (κ2) is 5.19. The molecule has 0 saturated heterocycles. The lowest BCUT2D eigenvalue weighted by atomic mass is 9.88. The van der Waals surface area contributed by atoms with Gasteiger partial charge in [0.05, 0.1) is 11.1 Å². The van der Waals surface area contributed by atoms with E-state index in [0.717, 1.165) is 5.03 Å². The summed E-state index contributed by atoms with van der Waals surface area (Å²) in [6, 6.07) is 4.15. The quantitative estimate of drug-likeness (QED) is 0.822. The standard InChI is InChI=1S/C13H21NOS/c1-9(15)10(2)16-12-7-6-11(8-14-12)13(3,4)5/h6-10,15H,1-5H3. The Kier molecular flexibility index (Phi) is 4.39. The van der Waals surface area contributed by atoms with E-state index >= 15 is 0 Å². The first-order valence-corrected chi connectivity index (χ1v) is 6.50. The molecular formula is C13H21NOS. The van der Waals surface area contributed by atoms with Crippen LogP contribution in [0.1, 0.15) is 40.2 Å². The van der Waals surface area contributed by atoms with Crippen LogP contribution in [0.15, 0.2) is 23.4 Å². The van der Waals surface area contributed by atoms with Gasteiger partial charge in [-0.15, -0.1) is 11.8 Å². The van der Waals surface area contributed by atoms with Gasteiger partial charge in [-0.05, 0) is 24.0 Å². The summed E-state index contributed by atoms with van der Waals surface area (Å²) in [6.45, 7) is 10.3. The summed E-state index contributed by atoms with van der Waals surface area (Å²) >= 11 is 1.61. The van der Waals surface area contributed by atoms with Crippen molar-refractivity contribution in [3.8, 4) is 0 Å². The number of aliphatic hydroxyl groups excluding tert-OH is 1. The van der Waals surface area contributed by atoms with Crippen molar-refractivity contribution in [2.45, 2.75) is 56.4 Å². The third-order valence-electron chi connectivity index (χ3n) is 2.59. The van der Waals surface area contributed by atoms with Gasteiger partial charge in [0, 0.05) is 11.4 Å². The van der Waals surface area contributed by atoms with Crippen LogP contribution in [0, 0.1) is 0 Å². The molecule has 0 bridgehead atoms. The van der Waals surface area contributed by atoms with Gasteiger partial charge in [0.1, 0.15) is 0 Å². The zero-order valence-corrected chi connectivity index (χ0v) is 11.5. The minimum Gasteiger partial charge on any atom is -0.392 e. The average molecular weight is 239 g/mol. The molecule has 90 valence electrons. The third kappa shape index (κ3) is 3.80. The molecule has 3 heteroatoms. The third-order valence-corrected chi connectivity index (χ3v) is 3.84. The van der Waals surface area contributed by atoms with Crippen LogP contribution in [0.25, 0.3) is 0 Å². The Morgan fingerprint density at radius 3 is 2.25 bits per heavy atom. The molecule has 0 fully saturated rings. The fourth-order valence-electron chi connectivity index (χ4n) is 1.18. The normalized spacial score (nSPS) is 15.9. The van der Waals surface area contributed by atoms with E-state index in [1.807, 2.05) is 19.2 Å². The number of hydrogen-bond acceptors (Lipinski definition) is 3.